The second kappa shape index (κ2) is 11.0. The Morgan fingerprint density at radius 3 is 2.14 bits per heavy atom. The van der Waals surface area contributed by atoms with Crippen LogP contribution in [0.3, 0.4) is 0 Å². The van der Waals surface area contributed by atoms with Crippen LogP contribution in [0.1, 0.15) is 11.1 Å². The van der Waals surface area contributed by atoms with Gasteiger partial charge in [0.05, 0.1) is 4.90 Å². The number of piperazine rings is 2. The van der Waals surface area contributed by atoms with Crippen molar-refractivity contribution < 1.29 is 13.2 Å². The van der Waals surface area contributed by atoms with Crippen molar-refractivity contribution in [2.24, 2.45) is 0 Å². The Labute approximate surface area is 207 Å². The zero-order valence-corrected chi connectivity index (χ0v) is 20.8. The topological polar surface area (TPSA) is 88.0 Å². The Kier molecular flexibility index (Phi) is 7.86. The van der Waals surface area contributed by atoms with Crippen LogP contribution in [-0.4, -0.2) is 85.7 Å². The molecule has 2 saturated heterocycles. The first-order valence-electron chi connectivity index (χ1n) is 11.8. The van der Waals surface area contributed by atoms with Gasteiger partial charge in [0.25, 0.3) is 5.91 Å². The highest BCUT2D eigenvalue weighted by Crippen LogP contribution is 2.19. The van der Waals surface area contributed by atoms with E-state index < -0.39 is 10.0 Å². The van der Waals surface area contributed by atoms with Crippen molar-refractivity contribution in [2.45, 2.75) is 18.4 Å². The number of carbonyl (C=O) groups excluding carboxylic acids is 1. The van der Waals surface area contributed by atoms with E-state index in [1.807, 2.05) is 30.0 Å². The molecule has 2 aliphatic rings. The van der Waals surface area contributed by atoms with E-state index in [-0.39, 0.29) is 16.4 Å². The molecule has 0 spiro atoms. The molecule has 0 unspecified atom stereocenters. The second-order valence-electron chi connectivity index (χ2n) is 8.96. The maximum absolute atomic E-state index is 13.0. The van der Waals surface area contributed by atoms with Crippen molar-refractivity contribution in [3.63, 3.8) is 0 Å². The van der Waals surface area contributed by atoms with Crippen LogP contribution >= 0.6 is 0 Å². The van der Waals surface area contributed by atoms with Crippen LogP contribution in [0.2, 0.25) is 0 Å². The number of rotatable bonds is 6. The average molecular weight is 494 g/mol. The van der Waals surface area contributed by atoms with E-state index in [4.69, 9.17) is 0 Å². The van der Waals surface area contributed by atoms with Gasteiger partial charge in [0.15, 0.2) is 0 Å². The van der Waals surface area contributed by atoms with Crippen molar-refractivity contribution in [2.75, 3.05) is 52.4 Å². The molecule has 8 nitrogen and oxygen atoms in total. The molecule has 9 heteroatoms. The third-order valence-corrected chi connectivity index (χ3v) is 8.42. The summed E-state index contributed by atoms with van der Waals surface area (Å²) in [6, 6.07) is 19.1. The zero-order chi connectivity index (χ0) is 24.8. The van der Waals surface area contributed by atoms with Crippen LogP contribution < -0.4 is 0 Å². The molecule has 0 radical (unpaired) electrons. The number of aryl methyl sites for hydroxylation is 1. The lowest BCUT2D eigenvalue weighted by Gasteiger charge is -2.35. The fraction of sp³-hybridized carbons (Fsp3) is 0.385. The van der Waals surface area contributed by atoms with Crippen molar-refractivity contribution >= 4 is 15.9 Å². The summed E-state index contributed by atoms with van der Waals surface area (Å²) in [6.45, 7) is 6.89. The molecule has 0 N–H and O–H groups in total. The summed E-state index contributed by atoms with van der Waals surface area (Å²) >= 11 is 0. The van der Waals surface area contributed by atoms with Crippen LogP contribution in [0.25, 0.3) is 0 Å². The predicted molar refractivity (Wildman–Crippen MR) is 134 cm³/mol. The molecular formula is C26H31N5O3S. The first kappa shape index (κ1) is 24.9. The maximum Gasteiger partial charge on any atom is 0.266 e. The quantitative estimate of drug-likeness (QED) is 0.452. The van der Waals surface area contributed by atoms with Gasteiger partial charge in [-0.1, -0.05) is 48.0 Å². The molecular weight excluding hydrogens is 462 g/mol. The third kappa shape index (κ3) is 6.09. The largest absolute Gasteiger partial charge is 0.373 e. The number of nitriles is 1. The number of amides is 1. The summed E-state index contributed by atoms with van der Waals surface area (Å²) < 4.78 is 27.3. The number of nitrogens with zero attached hydrogens (tertiary/aromatic N) is 5. The Balaban J connectivity index is 1.31. The fourth-order valence-corrected chi connectivity index (χ4v) is 5.79. The summed E-state index contributed by atoms with van der Waals surface area (Å²) in [6.07, 6.45) is 1.59. The molecule has 0 bridgehead atoms. The van der Waals surface area contributed by atoms with Crippen LogP contribution in [0.5, 0.6) is 0 Å². The lowest BCUT2D eigenvalue weighted by atomic mass is 10.2. The van der Waals surface area contributed by atoms with E-state index in [9.17, 15) is 18.5 Å². The Bertz CT molecular complexity index is 1190. The average Bonchev–Trinajstić information content (AvgIpc) is 2.88. The van der Waals surface area contributed by atoms with Gasteiger partial charge in [0.2, 0.25) is 10.0 Å². The first-order chi connectivity index (χ1) is 16.9. The summed E-state index contributed by atoms with van der Waals surface area (Å²) in [4.78, 5) is 19.2. The molecule has 2 aromatic carbocycles. The number of hydrogen-bond donors (Lipinski definition) is 0. The molecule has 0 saturated carbocycles. The van der Waals surface area contributed by atoms with E-state index in [0.717, 1.165) is 25.2 Å². The van der Waals surface area contributed by atoms with E-state index in [1.165, 1.54) is 9.87 Å². The smallest absolute Gasteiger partial charge is 0.266 e. The predicted octanol–water partition coefficient (Wildman–Crippen LogP) is 2.05. The van der Waals surface area contributed by atoms with Crippen molar-refractivity contribution in [3.05, 3.63) is 77.5 Å². The van der Waals surface area contributed by atoms with Crippen LogP contribution in [0.15, 0.2) is 71.3 Å². The molecule has 0 aromatic heterocycles. The summed E-state index contributed by atoms with van der Waals surface area (Å²) in [5.74, 6) is -0.262. The highest BCUT2D eigenvalue weighted by molar-refractivity contribution is 7.89. The number of carbonyl (C=O) groups is 1. The van der Waals surface area contributed by atoms with Crippen molar-refractivity contribution in [1.82, 2.24) is 19.0 Å². The second-order valence-corrected chi connectivity index (χ2v) is 10.9. The summed E-state index contributed by atoms with van der Waals surface area (Å²) in [5, 5.41) is 9.65. The van der Waals surface area contributed by atoms with Crippen molar-refractivity contribution in [3.8, 4) is 6.07 Å². The summed E-state index contributed by atoms with van der Waals surface area (Å²) in [5.41, 5.74) is 2.34. The normalized spacial score (nSPS) is 18.3. The minimum absolute atomic E-state index is 0.0938. The standard InChI is InChI=1S/C26H31N5O3S/c1-22-7-9-25(10-8-22)35(33,34)31-17-13-29(14-18-31)21-24(19-27)26(32)30-15-11-28(12-16-30)20-23-5-3-2-4-6-23/h2-10,21H,11-18,20H2,1H3/b24-21-. The van der Waals surface area contributed by atoms with Crippen LogP contribution in [-0.2, 0) is 21.4 Å². The molecule has 2 aromatic rings. The molecule has 0 aliphatic carbocycles. The SMILES string of the molecule is Cc1ccc(S(=O)(=O)N2CCN(/C=C(/C#N)C(=O)N3CCN(Cc4ccccc4)CC3)CC2)cc1. The number of benzene rings is 2. The van der Waals surface area contributed by atoms with Crippen LogP contribution in [0.4, 0.5) is 0 Å². The fourth-order valence-electron chi connectivity index (χ4n) is 4.37. The monoisotopic (exact) mass is 493 g/mol. The van der Waals surface area contributed by atoms with Gasteiger partial charge < -0.3 is 9.80 Å². The highest BCUT2D eigenvalue weighted by atomic mass is 32.2. The lowest BCUT2D eigenvalue weighted by molar-refractivity contribution is -0.128. The molecule has 184 valence electrons. The molecule has 2 heterocycles. The molecule has 2 aliphatic heterocycles. The minimum Gasteiger partial charge on any atom is -0.373 e. The van der Waals surface area contributed by atoms with Gasteiger partial charge >= 0.3 is 0 Å². The van der Waals surface area contributed by atoms with Gasteiger partial charge in [-0.05, 0) is 24.6 Å². The van der Waals surface area contributed by atoms with Crippen molar-refractivity contribution in [1.29, 1.82) is 5.26 Å². The minimum atomic E-state index is -3.56. The Morgan fingerprint density at radius 2 is 1.54 bits per heavy atom. The highest BCUT2D eigenvalue weighted by Gasteiger charge is 2.29. The van der Waals surface area contributed by atoms with Gasteiger partial charge in [-0.2, -0.15) is 9.57 Å². The Morgan fingerprint density at radius 1 is 0.914 bits per heavy atom. The third-order valence-electron chi connectivity index (χ3n) is 6.50. The zero-order valence-electron chi connectivity index (χ0n) is 20.0. The van der Waals surface area contributed by atoms with Gasteiger partial charge in [0, 0.05) is 65.1 Å². The Hall–Kier alpha value is -3.19. The molecule has 2 fully saturated rings. The first-order valence-corrected chi connectivity index (χ1v) is 13.3. The summed E-state index contributed by atoms with van der Waals surface area (Å²) in [7, 11) is -3.56. The molecule has 1 amide bonds. The van der Waals surface area contributed by atoms with Gasteiger partial charge in [-0.3, -0.25) is 9.69 Å². The van der Waals surface area contributed by atoms with E-state index in [0.29, 0.717) is 39.3 Å². The van der Waals surface area contributed by atoms with E-state index in [1.54, 1.807) is 35.4 Å². The lowest BCUT2D eigenvalue weighted by Crippen LogP contribution is -2.49. The van der Waals surface area contributed by atoms with Gasteiger partial charge in [-0.25, -0.2) is 8.42 Å². The van der Waals surface area contributed by atoms with E-state index >= 15 is 0 Å². The number of hydrogen-bond acceptors (Lipinski definition) is 6. The molecule has 35 heavy (non-hydrogen) atoms. The number of sulfonamides is 1. The van der Waals surface area contributed by atoms with Crippen LogP contribution in [0, 0.1) is 18.3 Å². The molecule has 4 rings (SSSR count). The van der Waals surface area contributed by atoms with E-state index in [2.05, 4.69) is 23.1 Å². The molecule has 0 atom stereocenters. The van der Waals surface area contributed by atoms with Gasteiger partial charge in [-0.15, -0.1) is 0 Å². The van der Waals surface area contributed by atoms with Gasteiger partial charge in [0.1, 0.15) is 11.6 Å². The maximum atomic E-state index is 13.0.